The summed E-state index contributed by atoms with van der Waals surface area (Å²) in [5.41, 5.74) is 0.968. The van der Waals surface area contributed by atoms with Crippen LogP contribution in [0.1, 0.15) is 18.4 Å². The second-order valence-corrected chi connectivity index (χ2v) is 4.68. The Morgan fingerprint density at radius 2 is 2.25 bits per heavy atom. The number of rotatable bonds is 4. The van der Waals surface area contributed by atoms with Gasteiger partial charge in [-0.2, -0.15) is 5.26 Å². The largest absolute Gasteiger partial charge is 0.445 e. The molecule has 1 atom stereocenters. The Kier molecular flexibility index (Phi) is 5.39. The fourth-order valence-corrected chi connectivity index (χ4v) is 2.10. The molecule has 1 aliphatic heterocycles. The van der Waals surface area contributed by atoms with Gasteiger partial charge in [-0.15, -0.1) is 0 Å². The summed E-state index contributed by atoms with van der Waals surface area (Å²) in [6.07, 6.45) is 0.711. The molecule has 1 amide bonds. The van der Waals surface area contributed by atoms with E-state index in [4.69, 9.17) is 14.7 Å². The highest BCUT2D eigenvalue weighted by Gasteiger charge is 2.24. The summed E-state index contributed by atoms with van der Waals surface area (Å²) in [5.74, 6) is 0. The first-order chi connectivity index (χ1) is 9.79. The van der Waals surface area contributed by atoms with Gasteiger partial charge in [-0.1, -0.05) is 30.3 Å². The fraction of sp³-hybridized carbons (Fsp3) is 0.467. The van der Waals surface area contributed by atoms with Crippen molar-refractivity contribution in [3.8, 4) is 6.07 Å². The number of nitriles is 1. The standard InChI is InChI=1S/C15H18N2O3/c16-8-4-7-14-11-17(9-10-19-14)15(18)20-12-13-5-2-1-3-6-13/h1-3,5-6,14H,4,7,9-12H2. The third kappa shape index (κ3) is 4.25. The predicted molar refractivity (Wildman–Crippen MR) is 72.8 cm³/mol. The van der Waals surface area contributed by atoms with Crippen molar-refractivity contribution in [2.45, 2.75) is 25.6 Å². The second-order valence-electron chi connectivity index (χ2n) is 4.68. The minimum atomic E-state index is -0.320. The van der Waals surface area contributed by atoms with Gasteiger partial charge in [0.25, 0.3) is 0 Å². The zero-order valence-corrected chi connectivity index (χ0v) is 11.3. The first kappa shape index (κ1) is 14.4. The van der Waals surface area contributed by atoms with Crippen LogP contribution in [0.5, 0.6) is 0 Å². The van der Waals surface area contributed by atoms with Gasteiger partial charge in [0.1, 0.15) is 6.61 Å². The van der Waals surface area contributed by atoms with E-state index in [2.05, 4.69) is 6.07 Å². The molecule has 1 unspecified atom stereocenters. The molecular formula is C15H18N2O3. The maximum absolute atomic E-state index is 12.0. The molecule has 0 saturated carbocycles. The molecule has 2 rings (SSSR count). The van der Waals surface area contributed by atoms with Crippen LogP contribution in [0.4, 0.5) is 4.79 Å². The van der Waals surface area contributed by atoms with Crippen LogP contribution in [0.15, 0.2) is 30.3 Å². The molecule has 1 fully saturated rings. The number of amides is 1. The van der Waals surface area contributed by atoms with Crippen LogP contribution in [0, 0.1) is 11.3 Å². The molecule has 5 heteroatoms. The van der Waals surface area contributed by atoms with Gasteiger partial charge < -0.3 is 14.4 Å². The molecule has 1 heterocycles. The quantitative estimate of drug-likeness (QED) is 0.845. The number of hydrogen-bond acceptors (Lipinski definition) is 4. The Balaban J connectivity index is 1.78. The Morgan fingerprint density at radius 1 is 1.45 bits per heavy atom. The average Bonchev–Trinajstić information content (AvgIpc) is 2.52. The Hall–Kier alpha value is -2.06. The van der Waals surface area contributed by atoms with E-state index >= 15 is 0 Å². The third-order valence-corrected chi connectivity index (χ3v) is 3.18. The smallest absolute Gasteiger partial charge is 0.410 e. The van der Waals surface area contributed by atoms with Crippen LogP contribution in [-0.2, 0) is 16.1 Å². The molecule has 0 aliphatic carbocycles. The first-order valence-corrected chi connectivity index (χ1v) is 6.74. The number of ether oxygens (including phenoxy) is 2. The van der Waals surface area contributed by atoms with Crippen LogP contribution >= 0.6 is 0 Å². The lowest BCUT2D eigenvalue weighted by molar-refractivity contribution is -0.0307. The van der Waals surface area contributed by atoms with Crippen molar-refractivity contribution in [3.05, 3.63) is 35.9 Å². The van der Waals surface area contributed by atoms with Gasteiger partial charge in [0.15, 0.2) is 0 Å². The monoisotopic (exact) mass is 274 g/mol. The summed E-state index contributed by atoms with van der Waals surface area (Å²) in [6.45, 7) is 1.81. The Morgan fingerprint density at radius 3 is 3.00 bits per heavy atom. The van der Waals surface area contributed by atoms with Crippen LogP contribution in [-0.4, -0.2) is 36.8 Å². The summed E-state index contributed by atoms with van der Waals surface area (Å²) in [5, 5.41) is 8.57. The van der Waals surface area contributed by atoms with E-state index in [0.29, 0.717) is 32.5 Å². The first-order valence-electron chi connectivity index (χ1n) is 6.74. The molecule has 1 aromatic rings. The minimum absolute atomic E-state index is 0.0623. The predicted octanol–water partition coefficient (Wildman–Crippen LogP) is 2.33. The molecule has 0 bridgehead atoms. The molecule has 0 spiro atoms. The summed E-state index contributed by atoms with van der Waals surface area (Å²) < 4.78 is 10.8. The summed E-state index contributed by atoms with van der Waals surface area (Å²) >= 11 is 0. The molecular weight excluding hydrogens is 256 g/mol. The molecule has 0 radical (unpaired) electrons. The molecule has 106 valence electrons. The van der Waals surface area contributed by atoms with E-state index in [0.717, 1.165) is 5.56 Å². The summed E-state index contributed by atoms with van der Waals surface area (Å²) in [4.78, 5) is 13.6. The van der Waals surface area contributed by atoms with Crippen molar-refractivity contribution >= 4 is 6.09 Å². The Bertz CT molecular complexity index is 470. The Labute approximate surface area is 118 Å². The van der Waals surface area contributed by atoms with Gasteiger partial charge >= 0.3 is 6.09 Å². The van der Waals surface area contributed by atoms with Gasteiger partial charge in [0, 0.05) is 13.0 Å². The third-order valence-electron chi connectivity index (χ3n) is 3.18. The van der Waals surface area contributed by atoms with Gasteiger partial charge in [-0.25, -0.2) is 4.79 Å². The lowest BCUT2D eigenvalue weighted by Crippen LogP contribution is -2.45. The highest BCUT2D eigenvalue weighted by atomic mass is 16.6. The van der Waals surface area contributed by atoms with Crippen LogP contribution in [0.25, 0.3) is 0 Å². The number of hydrogen-bond donors (Lipinski definition) is 0. The number of carbonyl (C=O) groups is 1. The van der Waals surface area contributed by atoms with Crippen LogP contribution in [0.3, 0.4) is 0 Å². The highest BCUT2D eigenvalue weighted by molar-refractivity contribution is 5.67. The molecule has 1 aliphatic rings. The number of benzene rings is 1. The lowest BCUT2D eigenvalue weighted by atomic mass is 10.2. The van der Waals surface area contributed by atoms with E-state index in [9.17, 15) is 4.79 Å². The van der Waals surface area contributed by atoms with Crippen LogP contribution in [0.2, 0.25) is 0 Å². The van der Waals surface area contributed by atoms with Gasteiger partial charge in [-0.05, 0) is 12.0 Å². The van der Waals surface area contributed by atoms with Gasteiger partial charge in [0.05, 0.1) is 25.3 Å². The number of carbonyl (C=O) groups excluding carboxylic acids is 1. The summed E-state index contributed by atoms with van der Waals surface area (Å²) in [6, 6.07) is 11.7. The van der Waals surface area contributed by atoms with E-state index in [1.54, 1.807) is 4.90 Å². The fourth-order valence-electron chi connectivity index (χ4n) is 2.10. The van der Waals surface area contributed by atoms with Crippen molar-refractivity contribution in [2.24, 2.45) is 0 Å². The number of morpholine rings is 1. The zero-order chi connectivity index (χ0) is 14.2. The second kappa shape index (κ2) is 7.51. The lowest BCUT2D eigenvalue weighted by Gasteiger charge is -2.31. The number of nitrogens with zero attached hydrogens (tertiary/aromatic N) is 2. The van der Waals surface area contributed by atoms with Crippen molar-refractivity contribution in [1.29, 1.82) is 5.26 Å². The average molecular weight is 274 g/mol. The van der Waals surface area contributed by atoms with Crippen molar-refractivity contribution < 1.29 is 14.3 Å². The molecule has 1 saturated heterocycles. The SMILES string of the molecule is N#CCCC1CN(C(=O)OCc2ccccc2)CCO1. The van der Waals surface area contributed by atoms with E-state index in [1.165, 1.54) is 0 Å². The topological polar surface area (TPSA) is 62.6 Å². The van der Waals surface area contributed by atoms with Gasteiger partial charge in [-0.3, -0.25) is 0 Å². The molecule has 0 N–H and O–H groups in total. The van der Waals surface area contributed by atoms with Crippen LogP contribution < -0.4 is 0 Å². The van der Waals surface area contributed by atoms with Crippen molar-refractivity contribution in [3.63, 3.8) is 0 Å². The van der Waals surface area contributed by atoms with E-state index in [1.807, 2.05) is 30.3 Å². The maximum Gasteiger partial charge on any atom is 0.410 e. The maximum atomic E-state index is 12.0. The zero-order valence-electron chi connectivity index (χ0n) is 11.3. The molecule has 20 heavy (non-hydrogen) atoms. The van der Waals surface area contributed by atoms with Crippen molar-refractivity contribution in [1.82, 2.24) is 4.90 Å². The normalized spacial score (nSPS) is 18.4. The minimum Gasteiger partial charge on any atom is -0.445 e. The van der Waals surface area contributed by atoms with E-state index in [-0.39, 0.29) is 18.8 Å². The van der Waals surface area contributed by atoms with E-state index < -0.39 is 0 Å². The summed E-state index contributed by atoms with van der Waals surface area (Å²) in [7, 11) is 0. The van der Waals surface area contributed by atoms with Crippen molar-refractivity contribution in [2.75, 3.05) is 19.7 Å². The molecule has 1 aromatic carbocycles. The highest BCUT2D eigenvalue weighted by Crippen LogP contribution is 2.12. The molecule has 0 aromatic heterocycles. The molecule has 5 nitrogen and oxygen atoms in total. The van der Waals surface area contributed by atoms with Gasteiger partial charge in [0.2, 0.25) is 0 Å².